The monoisotopic (exact) mass is 283 g/mol. The van der Waals surface area contributed by atoms with Crippen molar-refractivity contribution >= 4 is 17.6 Å². The summed E-state index contributed by atoms with van der Waals surface area (Å²) in [7, 11) is 1.62. The summed E-state index contributed by atoms with van der Waals surface area (Å²) in [6.07, 6.45) is 1.39. The van der Waals surface area contributed by atoms with Gasteiger partial charge < -0.3 is 15.2 Å². The molecule has 0 saturated carbocycles. The number of halogens is 1. The third kappa shape index (κ3) is 2.85. The van der Waals surface area contributed by atoms with Crippen LogP contribution in [0, 0.1) is 5.92 Å². The fourth-order valence-electron chi connectivity index (χ4n) is 2.54. The largest absolute Gasteiger partial charge is 0.496 e. The smallest absolute Gasteiger partial charge is 0.307 e. The molecule has 1 aliphatic heterocycles. The first-order valence-electron chi connectivity index (χ1n) is 6.39. The summed E-state index contributed by atoms with van der Waals surface area (Å²) in [5.41, 5.74) is 1.98. The lowest BCUT2D eigenvalue weighted by atomic mass is 9.98. The zero-order valence-corrected chi connectivity index (χ0v) is 11.8. The minimum atomic E-state index is -0.752. The molecule has 0 amide bonds. The molecule has 2 atom stereocenters. The quantitative estimate of drug-likeness (QED) is 0.892. The third-order valence-electron chi connectivity index (χ3n) is 3.63. The first kappa shape index (κ1) is 14.2. The van der Waals surface area contributed by atoms with Gasteiger partial charge in [0, 0.05) is 23.2 Å². The molecule has 5 heteroatoms. The molecule has 0 radical (unpaired) electrons. The van der Waals surface area contributed by atoms with Crippen LogP contribution in [-0.2, 0) is 11.2 Å². The van der Waals surface area contributed by atoms with E-state index in [-0.39, 0.29) is 12.0 Å². The number of hydrogen-bond donors (Lipinski definition) is 2. The van der Waals surface area contributed by atoms with Gasteiger partial charge in [0.05, 0.1) is 13.0 Å². The molecule has 1 fully saturated rings. The van der Waals surface area contributed by atoms with Crippen LogP contribution in [0.3, 0.4) is 0 Å². The predicted molar refractivity (Wildman–Crippen MR) is 73.9 cm³/mol. The van der Waals surface area contributed by atoms with Crippen LogP contribution in [0.2, 0.25) is 5.02 Å². The summed E-state index contributed by atoms with van der Waals surface area (Å²) >= 11 is 6.27. The second-order valence-corrected chi connectivity index (χ2v) is 5.18. The van der Waals surface area contributed by atoms with E-state index in [0.29, 0.717) is 18.0 Å². The number of aliphatic carboxylic acids is 1. The SMILES string of the molecule is CCc1c(Cl)cc(C2CC(C(=O)O)CN2)cc1OC. The summed E-state index contributed by atoms with van der Waals surface area (Å²) in [5.74, 6) is -0.315. The number of hydrogen-bond acceptors (Lipinski definition) is 3. The van der Waals surface area contributed by atoms with Crippen molar-refractivity contribution < 1.29 is 14.6 Å². The summed E-state index contributed by atoms with van der Waals surface area (Å²) in [4.78, 5) is 11.0. The van der Waals surface area contributed by atoms with Crippen LogP contribution in [-0.4, -0.2) is 24.7 Å². The Labute approximate surface area is 117 Å². The van der Waals surface area contributed by atoms with E-state index in [1.807, 2.05) is 19.1 Å². The van der Waals surface area contributed by atoms with Gasteiger partial charge in [0.1, 0.15) is 5.75 Å². The first-order chi connectivity index (χ1) is 9.06. The average molecular weight is 284 g/mol. The lowest BCUT2D eigenvalue weighted by molar-refractivity contribution is -0.141. The number of ether oxygens (including phenoxy) is 1. The van der Waals surface area contributed by atoms with Crippen LogP contribution in [0.1, 0.15) is 30.5 Å². The van der Waals surface area contributed by atoms with Gasteiger partial charge in [-0.25, -0.2) is 0 Å². The number of nitrogens with one attached hydrogen (secondary N) is 1. The number of methoxy groups -OCH3 is 1. The Bertz CT molecular complexity index is 490. The maximum Gasteiger partial charge on any atom is 0.307 e. The van der Waals surface area contributed by atoms with E-state index in [0.717, 1.165) is 23.3 Å². The molecular formula is C14H18ClNO3. The Kier molecular flexibility index (Phi) is 4.32. The summed E-state index contributed by atoms with van der Waals surface area (Å²) in [5, 5.41) is 12.9. The predicted octanol–water partition coefficient (Wildman–Crippen LogP) is 2.65. The molecule has 1 saturated heterocycles. The molecule has 1 aromatic carbocycles. The van der Waals surface area contributed by atoms with Gasteiger partial charge in [0.15, 0.2) is 0 Å². The lowest BCUT2D eigenvalue weighted by Crippen LogP contribution is -2.17. The van der Waals surface area contributed by atoms with Gasteiger partial charge in [-0.1, -0.05) is 18.5 Å². The molecule has 2 unspecified atom stereocenters. The van der Waals surface area contributed by atoms with Crippen LogP contribution in [0.25, 0.3) is 0 Å². The molecule has 0 bridgehead atoms. The van der Waals surface area contributed by atoms with E-state index in [1.165, 1.54) is 0 Å². The maximum atomic E-state index is 11.0. The van der Waals surface area contributed by atoms with Gasteiger partial charge in [-0.3, -0.25) is 4.79 Å². The Morgan fingerprint density at radius 1 is 1.58 bits per heavy atom. The Morgan fingerprint density at radius 2 is 2.32 bits per heavy atom. The molecule has 4 nitrogen and oxygen atoms in total. The summed E-state index contributed by atoms with van der Waals surface area (Å²) < 4.78 is 5.36. The van der Waals surface area contributed by atoms with E-state index >= 15 is 0 Å². The van der Waals surface area contributed by atoms with Crippen molar-refractivity contribution in [1.29, 1.82) is 0 Å². The van der Waals surface area contributed by atoms with E-state index in [1.54, 1.807) is 7.11 Å². The highest BCUT2D eigenvalue weighted by molar-refractivity contribution is 6.31. The van der Waals surface area contributed by atoms with Crippen molar-refractivity contribution in [2.45, 2.75) is 25.8 Å². The van der Waals surface area contributed by atoms with Crippen LogP contribution in [0.15, 0.2) is 12.1 Å². The van der Waals surface area contributed by atoms with Crippen LogP contribution in [0.5, 0.6) is 5.75 Å². The van der Waals surface area contributed by atoms with Crippen molar-refractivity contribution in [3.05, 3.63) is 28.3 Å². The molecular weight excluding hydrogens is 266 g/mol. The van der Waals surface area contributed by atoms with Gasteiger partial charge in [0.25, 0.3) is 0 Å². The van der Waals surface area contributed by atoms with E-state index in [4.69, 9.17) is 21.4 Å². The average Bonchev–Trinajstić information content (AvgIpc) is 2.87. The van der Waals surface area contributed by atoms with Crippen molar-refractivity contribution in [3.63, 3.8) is 0 Å². The van der Waals surface area contributed by atoms with Gasteiger partial charge >= 0.3 is 5.97 Å². The van der Waals surface area contributed by atoms with E-state index in [9.17, 15) is 4.79 Å². The highest BCUT2D eigenvalue weighted by Gasteiger charge is 2.30. The minimum absolute atomic E-state index is 0.0263. The maximum absolute atomic E-state index is 11.0. The number of carboxylic acids is 1. The molecule has 0 spiro atoms. The van der Waals surface area contributed by atoms with Gasteiger partial charge in [-0.15, -0.1) is 0 Å². The van der Waals surface area contributed by atoms with Crippen molar-refractivity contribution in [3.8, 4) is 5.75 Å². The topological polar surface area (TPSA) is 58.6 Å². The van der Waals surface area contributed by atoms with Crippen molar-refractivity contribution in [2.24, 2.45) is 5.92 Å². The molecule has 0 aliphatic carbocycles. The van der Waals surface area contributed by atoms with Gasteiger partial charge in [0.2, 0.25) is 0 Å². The summed E-state index contributed by atoms with van der Waals surface area (Å²) in [6, 6.07) is 3.88. The first-order valence-corrected chi connectivity index (χ1v) is 6.77. The van der Waals surface area contributed by atoms with E-state index < -0.39 is 5.97 Å². The summed E-state index contributed by atoms with van der Waals surface area (Å²) in [6.45, 7) is 2.52. The zero-order chi connectivity index (χ0) is 14.0. The molecule has 1 aliphatic rings. The standard InChI is InChI=1S/C14H18ClNO3/c1-3-10-11(15)4-8(6-13(10)19-2)12-5-9(7-16-12)14(17)18/h4,6,9,12,16H,3,5,7H2,1-2H3,(H,17,18). The second-order valence-electron chi connectivity index (χ2n) is 4.77. The number of benzene rings is 1. The number of rotatable bonds is 4. The molecule has 1 heterocycles. The van der Waals surface area contributed by atoms with Gasteiger partial charge in [-0.2, -0.15) is 0 Å². The normalized spacial score (nSPS) is 22.5. The van der Waals surface area contributed by atoms with Crippen molar-refractivity contribution in [1.82, 2.24) is 5.32 Å². The Hall–Kier alpha value is -1.26. The fourth-order valence-corrected chi connectivity index (χ4v) is 2.89. The van der Waals surface area contributed by atoms with E-state index in [2.05, 4.69) is 5.32 Å². The third-order valence-corrected chi connectivity index (χ3v) is 3.97. The molecule has 104 valence electrons. The van der Waals surface area contributed by atoms with Crippen LogP contribution >= 0.6 is 11.6 Å². The Balaban J connectivity index is 2.27. The highest BCUT2D eigenvalue weighted by Crippen LogP contribution is 2.35. The number of carboxylic acid groups (broad SMARTS) is 1. The minimum Gasteiger partial charge on any atom is -0.496 e. The Morgan fingerprint density at radius 3 is 2.84 bits per heavy atom. The molecule has 1 aromatic rings. The van der Waals surface area contributed by atoms with Crippen LogP contribution < -0.4 is 10.1 Å². The zero-order valence-electron chi connectivity index (χ0n) is 11.1. The van der Waals surface area contributed by atoms with Gasteiger partial charge in [-0.05, 0) is 30.5 Å². The highest BCUT2D eigenvalue weighted by atomic mass is 35.5. The molecule has 2 rings (SSSR count). The second kappa shape index (κ2) is 5.80. The van der Waals surface area contributed by atoms with Crippen molar-refractivity contribution in [2.75, 3.05) is 13.7 Å². The van der Waals surface area contributed by atoms with Crippen LogP contribution in [0.4, 0.5) is 0 Å². The fraction of sp³-hybridized carbons (Fsp3) is 0.500. The molecule has 19 heavy (non-hydrogen) atoms. The number of carbonyl (C=O) groups is 1. The molecule has 0 aromatic heterocycles. The lowest BCUT2D eigenvalue weighted by Gasteiger charge is -2.16. The molecule has 2 N–H and O–H groups in total.